The first kappa shape index (κ1) is 15.4. The maximum atomic E-state index is 13.4. The monoisotopic (exact) mass is 351 g/mol. The second kappa shape index (κ2) is 5.59. The highest BCUT2D eigenvalue weighted by molar-refractivity contribution is 7.92. The Morgan fingerprint density at radius 1 is 1.24 bits per heavy atom. The number of hydrogen-bond donors (Lipinski definition) is 0. The van der Waals surface area contributed by atoms with Gasteiger partial charge >= 0.3 is 0 Å². The highest BCUT2D eigenvalue weighted by Crippen LogP contribution is 2.44. The van der Waals surface area contributed by atoms with Crippen LogP contribution in [0.3, 0.4) is 0 Å². The Hall–Kier alpha value is -1.82. The molecular weight excluding hydrogens is 330 g/mol. The van der Waals surface area contributed by atoms with Crippen molar-refractivity contribution in [2.45, 2.75) is 36.6 Å². The van der Waals surface area contributed by atoms with Crippen LogP contribution >= 0.6 is 0 Å². The van der Waals surface area contributed by atoms with Crippen molar-refractivity contribution >= 4 is 22.1 Å². The maximum absolute atomic E-state index is 13.4. The molecular formula is C20H21N3OS. The summed E-state index contributed by atoms with van der Waals surface area (Å²) in [6.45, 7) is 4.97. The summed E-state index contributed by atoms with van der Waals surface area (Å²) in [6.07, 6.45) is 4.66. The summed E-state index contributed by atoms with van der Waals surface area (Å²) in [5, 5.41) is 1.30. The zero-order valence-corrected chi connectivity index (χ0v) is 15.3. The number of fused-ring (bicyclic) bond motifs is 3. The van der Waals surface area contributed by atoms with E-state index < -0.39 is 11.2 Å². The predicted molar refractivity (Wildman–Crippen MR) is 100 cm³/mol. The Labute approximate surface area is 150 Å². The fourth-order valence-corrected chi connectivity index (χ4v) is 6.07. The summed E-state index contributed by atoms with van der Waals surface area (Å²) in [6, 6.07) is 8.41. The first-order valence-electron chi connectivity index (χ1n) is 8.77. The van der Waals surface area contributed by atoms with Gasteiger partial charge in [-0.25, -0.2) is 0 Å². The normalized spacial score (nSPS) is 23.0. The van der Waals surface area contributed by atoms with Crippen molar-refractivity contribution < 1.29 is 4.55 Å². The van der Waals surface area contributed by atoms with Crippen LogP contribution in [0.5, 0.6) is 0 Å². The highest BCUT2D eigenvalue weighted by atomic mass is 32.2. The van der Waals surface area contributed by atoms with E-state index in [0.29, 0.717) is 0 Å². The number of hydrogen-bond acceptors (Lipinski definition) is 3. The summed E-state index contributed by atoms with van der Waals surface area (Å²) in [5.41, 5.74) is 6.38. The van der Waals surface area contributed by atoms with Crippen molar-refractivity contribution in [3.05, 3.63) is 59.0 Å². The molecule has 5 heteroatoms. The van der Waals surface area contributed by atoms with E-state index in [1.165, 1.54) is 27.7 Å². The maximum Gasteiger partial charge on any atom is 0.177 e. The smallest absolute Gasteiger partial charge is 0.177 e. The summed E-state index contributed by atoms with van der Waals surface area (Å²) in [5.74, 6) is 0. The number of pyridine rings is 1. The molecule has 1 aromatic carbocycles. The number of nitrogens with zero attached hydrogens (tertiary/aromatic N) is 3. The van der Waals surface area contributed by atoms with Crippen molar-refractivity contribution in [2.24, 2.45) is 0 Å². The molecule has 4 heterocycles. The molecule has 0 N–H and O–H groups in total. The lowest BCUT2D eigenvalue weighted by molar-refractivity contribution is 0.309. The molecule has 2 aromatic heterocycles. The molecule has 0 radical (unpaired) electrons. The van der Waals surface area contributed by atoms with E-state index in [-0.39, 0.29) is 5.25 Å². The number of likely N-dealkylation sites (N-methyl/N-ethyl adjacent to an activating group) is 1. The Bertz CT molecular complexity index is 966. The average molecular weight is 351 g/mol. The standard InChI is InChI=1S/C20H21N3OS/c1-13-9-15-16-11-22(2)8-5-17(16)23-12-19(14-3-6-21-7-4-14)25(24)18(10-13)20(15)23/h3-4,6-7,9-10,19H,5,8,11-12H2,1-2H3. The molecule has 5 rings (SSSR count). The first-order chi connectivity index (χ1) is 12.1. The van der Waals surface area contributed by atoms with Gasteiger partial charge in [0.15, 0.2) is 10.1 Å². The van der Waals surface area contributed by atoms with Gasteiger partial charge in [0.1, 0.15) is 5.52 Å². The van der Waals surface area contributed by atoms with Crippen LogP contribution in [-0.2, 0) is 30.7 Å². The van der Waals surface area contributed by atoms with Gasteiger partial charge in [0.05, 0.1) is 6.54 Å². The van der Waals surface area contributed by atoms with Gasteiger partial charge in [-0.15, -0.1) is 0 Å². The summed E-state index contributed by atoms with van der Waals surface area (Å²) in [4.78, 5) is 7.50. The van der Waals surface area contributed by atoms with Crippen molar-refractivity contribution in [2.75, 3.05) is 13.6 Å². The molecule has 4 nitrogen and oxygen atoms in total. The van der Waals surface area contributed by atoms with E-state index in [4.69, 9.17) is 0 Å². The molecule has 25 heavy (non-hydrogen) atoms. The summed E-state index contributed by atoms with van der Waals surface area (Å²) in [7, 11) is 2.18. The Kier molecular flexibility index (Phi) is 3.45. The predicted octanol–water partition coefficient (Wildman–Crippen LogP) is 3.20. The largest absolute Gasteiger partial charge is 0.611 e. The zero-order valence-electron chi connectivity index (χ0n) is 14.5. The third-order valence-corrected chi connectivity index (χ3v) is 7.23. The SMILES string of the molecule is Cc1cc2c3c(c1)c1c(n3CC(c3ccncc3)[S+]2[O-])CCN(C)C1. The number of aromatic nitrogens is 2. The van der Waals surface area contributed by atoms with Crippen molar-refractivity contribution in [3.8, 4) is 0 Å². The molecule has 2 aliphatic heterocycles. The zero-order chi connectivity index (χ0) is 17.1. The third kappa shape index (κ3) is 2.26. The van der Waals surface area contributed by atoms with E-state index in [2.05, 4.69) is 40.6 Å². The van der Waals surface area contributed by atoms with Crippen LogP contribution in [-0.4, -0.2) is 32.6 Å². The lowest BCUT2D eigenvalue weighted by atomic mass is 10.0. The molecule has 2 unspecified atom stereocenters. The van der Waals surface area contributed by atoms with Crippen LogP contribution in [0.15, 0.2) is 41.6 Å². The molecule has 2 aliphatic rings. The molecule has 0 spiro atoms. The fraction of sp³-hybridized carbons (Fsp3) is 0.350. The van der Waals surface area contributed by atoms with E-state index in [1.807, 2.05) is 12.1 Å². The molecule has 0 aliphatic carbocycles. The molecule has 0 saturated heterocycles. The van der Waals surface area contributed by atoms with E-state index >= 15 is 0 Å². The van der Waals surface area contributed by atoms with Crippen molar-refractivity contribution in [1.82, 2.24) is 14.5 Å². The minimum absolute atomic E-state index is 0.00310. The second-order valence-corrected chi connectivity index (χ2v) is 8.85. The van der Waals surface area contributed by atoms with Crippen LogP contribution in [0, 0.1) is 6.92 Å². The number of rotatable bonds is 1. The molecule has 0 amide bonds. The van der Waals surface area contributed by atoms with E-state index in [1.54, 1.807) is 12.4 Å². The van der Waals surface area contributed by atoms with E-state index in [0.717, 1.165) is 36.5 Å². The molecule has 0 bridgehead atoms. The van der Waals surface area contributed by atoms with Gasteiger partial charge in [0.2, 0.25) is 0 Å². The van der Waals surface area contributed by atoms with Crippen LogP contribution < -0.4 is 0 Å². The Morgan fingerprint density at radius 2 is 2.04 bits per heavy atom. The minimum atomic E-state index is -1.04. The van der Waals surface area contributed by atoms with Gasteiger partial charge in [0, 0.05) is 48.5 Å². The average Bonchev–Trinajstić information content (AvgIpc) is 2.92. The number of aryl methyl sites for hydroxylation is 1. The molecule has 0 saturated carbocycles. The van der Waals surface area contributed by atoms with Gasteiger partial charge in [-0.3, -0.25) is 4.98 Å². The quantitative estimate of drug-likeness (QED) is 0.633. The third-order valence-electron chi connectivity index (χ3n) is 5.55. The van der Waals surface area contributed by atoms with Gasteiger partial charge in [-0.05, 0) is 60.5 Å². The second-order valence-electron chi connectivity index (χ2n) is 7.25. The highest BCUT2D eigenvalue weighted by Gasteiger charge is 2.38. The topological polar surface area (TPSA) is 44.1 Å². The van der Waals surface area contributed by atoms with Crippen molar-refractivity contribution in [1.29, 1.82) is 0 Å². The molecule has 2 atom stereocenters. The molecule has 3 aromatic rings. The van der Waals surface area contributed by atoms with Gasteiger partial charge < -0.3 is 14.0 Å². The minimum Gasteiger partial charge on any atom is -0.611 e. The number of benzene rings is 1. The van der Waals surface area contributed by atoms with Crippen molar-refractivity contribution in [3.63, 3.8) is 0 Å². The lowest BCUT2D eigenvalue weighted by Gasteiger charge is -2.30. The lowest BCUT2D eigenvalue weighted by Crippen LogP contribution is -2.29. The summed E-state index contributed by atoms with van der Waals surface area (Å²) >= 11 is -1.04. The van der Waals surface area contributed by atoms with Crippen LogP contribution in [0.2, 0.25) is 0 Å². The van der Waals surface area contributed by atoms with Gasteiger partial charge in [-0.2, -0.15) is 0 Å². The van der Waals surface area contributed by atoms with Crippen LogP contribution in [0.4, 0.5) is 0 Å². The first-order valence-corrected chi connectivity index (χ1v) is 9.98. The molecule has 128 valence electrons. The van der Waals surface area contributed by atoms with E-state index in [9.17, 15) is 4.55 Å². The Morgan fingerprint density at radius 3 is 2.84 bits per heavy atom. The fourth-order valence-electron chi connectivity index (χ4n) is 4.36. The summed E-state index contributed by atoms with van der Waals surface area (Å²) < 4.78 is 15.9. The molecule has 0 fully saturated rings. The van der Waals surface area contributed by atoms with Gasteiger partial charge in [-0.1, -0.05) is 0 Å². The van der Waals surface area contributed by atoms with Crippen LogP contribution in [0.25, 0.3) is 10.9 Å². The Balaban J connectivity index is 1.76. The van der Waals surface area contributed by atoms with Gasteiger partial charge in [0.25, 0.3) is 0 Å². The van der Waals surface area contributed by atoms with Crippen LogP contribution in [0.1, 0.15) is 27.6 Å².